The normalized spacial score (nSPS) is 15.8. The Morgan fingerprint density at radius 3 is 0.754 bits per heavy atom. The molecular formula is C42H63N3O9S3. The van der Waals surface area contributed by atoms with E-state index >= 15 is 0 Å². The molecule has 1 heterocycles. The third kappa shape index (κ3) is 14.0. The molecule has 3 aromatic carbocycles. The quantitative estimate of drug-likeness (QED) is 0.156. The molecule has 3 aromatic rings. The standard InChI is InChI=1S/C42H63N3O9S3/c1-31(2)10-13-55(46,47)43-25-34-16-36(21-40(19-34)52-7)27-44(56(48,49)14-11-32(3)4)29-38-18-39(24-42(23-38)54-9)30-45(57(50,51)15-12-33(5)6)28-37-17-35(26-43)20-41(22-37)53-8/h16-24,31-33H,10-15,25-30H2,1-9H3. The van der Waals surface area contributed by atoms with Crippen LogP contribution in [0.1, 0.15) is 94.2 Å². The second-order valence-corrected chi connectivity index (χ2v) is 22.6. The fourth-order valence-electron chi connectivity index (χ4n) is 6.61. The Kier molecular flexibility index (Phi) is 16.4. The maximum absolute atomic E-state index is 14.2. The van der Waals surface area contributed by atoms with Crippen molar-refractivity contribution in [2.24, 2.45) is 17.8 Å². The van der Waals surface area contributed by atoms with Crippen LogP contribution in [0.4, 0.5) is 0 Å². The predicted molar refractivity (Wildman–Crippen MR) is 226 cm³/mol. The van der Waals surface area contributed by atoms with Crippen molar-refractivity contribution in [2.45, 2.75) is 100 Å². The molecule has 15 heteroatoms. The van der Waals surface area contributed by atoms with Gasteiger partial charge in [-0.15, -0.1) is 0 Å². The SMILES string of the molecule is COc1cc2cc(c1)CN(S(=O)(=O)CCC(C)C)Cc1cc(cc(OC)c1)CN(S(=O)(=O)CCC(C)C)Cc1cc(cc(OC)c1)CN(S(=O)(=O)CCC(C)C)C2. The van der Waals surface area contributed by atoms with Crippen LogP contribution >= 0.6 is 0 Å². The first kappa shape index (κ1) is 46.5. The number of rotatable bonds is 15. The van der Waals surface area contributed by atoms with Crippen LogP contribution in [0.5, 0.6) is 17.2 Å². The Balaban J connectivity index is 1.98. The zero-order chi connectivity index (χ0) is 42.1. The zero-order valence-electron chi connectivity index (χ0n) is 35.2. The molecule has 0 saturated carbocycles. The van der Waals surface area contributed by atoms with Gasteiger partial charge in [-0.2, -0.15) is 12.9 Å². The fraction of sp³-hybridized carbons (Fsp3) is 0.571. The van der Waals surface area contributed by atoms with Gasteiger partial charge in [0.2, 0.25) is 30.1 Å². The van der Waals surface area contributed by atoms with Gasteiger partial charge in [-0.3, -0.25) is 0 Å². The van der Waals surface area contributed by atoms with Gasteiger partial charge < -0.3 is 14.2 Å². The molecule has 0 amide bonds. The number of fused-ring (bicyclic) bond motifs is 6. The Hall–Kier alpha value is -3.21. The number of benzene rings is 3. The van der Waals surface area contributed by atoms with E-state index in [1.807, 2.05) is 59.7 Å². The van der Waals surface area contributed by atoms with Crippen molar-refractivity contribution in [3.8, 4) is 17.2 Å². The molecule has 6 bridgehead atoms. The average molecular weight is 850 g/mol. The van der Waals surface area contributed by atoms with Gasteiger partial charge in [0, 0.05) is 39.3 Å². The summed E-state index contributed by atoms with van der Waals surface area (Å²) in [4.78, 5) is 0. The van der Waals surface area contributed by atoms with Crippen molar-refractivity contribution in [1.29, 1.82) is 0 Å². The molecule has 0 spiro atoms. The van der Waals surface area contributed by atoms with E-state index in [-0.39, 0.29) is 74.3 Å². The number of methoxy groups -OCH3 is 3. The highest BCUT2D eigenvalue weighted by Crippen LogP contribution is 2.29. The Labute approximate surface area is 342 Å². The molecule has 12 nitrogen and oxygen atoms in total. The molecule has 0 saturated heterocycles. The lowest BCUT2D eigenvalue weighted by atomic mass is 10.1. The van der Waals surface area contributed by atoms with Crippen LogP contribution in [-0.4, -0.2) is 76.8 Å². The number of hydrogen-bond donors (Lipinski definition) is 0. The number of nitrogens with zero attached hydrogens (tertiary/aromatic N) is 3. The summed E-state index contributed by atoms with van der Waals surface area (Å²) in [5.74, 6) is 1.68. The minimum absolute atomic E-state index is 0.00772. The maximum atomic E-state index is 14.2. The predicted octanol–water partition coefficient (Wildman–Crippen LogP) is 7.16. The molecule has 0 aromatic heterocycles. The molecule has 318 valence electrons. The highest BCUT2D eigenvalue weighted by Gasteiger charge is 2.29. The van der Waals surface area contributed by atoms with Crippen molar-refractivity contribution in [3.63, 3.8) is 0 Å². The van der Waals surface area contributed by atoms with Crippen LogP contribution in [0.2, 0.25) is 0 Å². The zero-order valence-corrected chi connectivity index (χ0v) is 37.6. The van der Waals surface area contributed by atoms with Gasteiger partial charge in [0.25, 0.3) is 0 Å². The third-order valence-electron chi connectivity index (χ3n) is 9.98. The second kappa shape index (κ2) is 20.2. The lowest BCUT2D eigenvalue weighted by Gasteiger charge is -2.27. The number of hydrogen-bond acceptors (Lipinski definition) is 9. The van der Waals surface area contributed by atoms with Crippen molar-refractivity contribution in [1.82, 2.24) is 12.9 Å². The Morgan fingerprint density at radius 2 is 0.596 bits per heavy atom. The van der Waals surface area contributed by atoms with Crippen molar-refractivity contribution in [3.05, 3.63) is 88.0 Å². The summed E-state index contributed by atoms with van der Waals surface area (Å²) in [6.07, 6.45) is 1.38. The van der Waals surface area contributed by atoms with Crippen molar-refractivity contribution < 1.29 is 39.5 Å². The van der Waals surface area contributed by atoms with E-state index in [9.17, 15) is 25.3 Å². The van der Waals surface area contributed by atoms with E-state index in [4.69, 9.17) is 14.2 Å². The molecule has 0 unspecified atom stereocenters. The summed E-state index contributed by atoms with van der Waals surface area (Å²) in [6, 6.07) is 16.2. The molecule has 1 aliphatic rings. The van der Waals surface area contributed by atoms with Crippen LogP contribution in [-0.2, 0) is 69.3 Å². The van der Waals surface area contributed by atoms with Gasteiger partial charge in [0.15, 0.2) is 0 Å². The van der Waals surface area contributed by atoms with Crippen LogP contribution in [0.25, 0.3) is 0 Å². The third-order valence-corrected chi connectivity index (χ3v) is 15.4. The molecule has 0 aliphatic carbocycles. The van der Waals surface area contributed by atoms with Crippen LogP contribution < -0.4 is 14.2 Å². The van der Waals surface area contributed by atoms with Gasteiger partial charge in [0.05, 0.1) is 38.6 Å². The molecule has 0 atom stereocenters. The average Bonchev–Trinajstić information content (AvgIpc) is 3.14. The first-order valence-electron chi connectivity index (χ1n) is 19.7. The van der Waals surface area contributed by atoms with E-state index in [1.54, 1.807) is 36.4 Å². The monoisotopic (exact) mass is 849 g/mol. The summed E-state index contributed by atoms with van der Waals surface area (Å²) in [7, 11) is -6.88. The molecule has 4 rings (SSSR count). The van der Waals surface area contributed by atoms with Gasteiger partial charge >= 0.3 is 0 Å². The van der Waals surface area contributed by atoms with Gasteiger partial charge in [-0.1, -0.05) is 59.7 Å². The van der Waals surface area contributed by atoms with Crippen molar-refractivity contribution >= 4 is 30.1 Å². The minimum atomic E-state index is -3.82. The lowest BCUT2D eigenvalue weighted by Crippen LogP contribution is -2.34. The second-order valence-electron chi connectivity index (χ2n) is 16.4. The molecule has 0 fully saturated rings. The molecule has 1 aliphatic heterocycles. The first-order valence-corrected chi connectivity index (χ1v) is 24.5. The molecule has 57 heavy (non-hydrogen) atoms. The van der Waals surface area contributed by atoms with E-state index < -0.39 is 30.1 Å². The van der Waals surface area contributed by atoms with Crippen LogP contribution in [0.3, 0.4) is 0 Å². The fourth-order valence-corrected chi connectivity index (χ4v) is 11.8. The highest BCUT2D eigenvalue weighted by molar-refractivity contribution is 7.89. The summed E-state index contributed by atoms with van der Waals surface area (Å²) >= 11 is 0. The van der Waals surface area contributed by atoms with Gasteiger partial charge in [0.1, 0.15) is 17.2 Å². The van der Waals surface area contributed by atoms with E-state index in [0.717, 1.165) is 0 Å². The van der Waals surface area contributed by atoms with E-state index in [0.29, 0.717) is 69.9 Å². The number of sulfonamides is 3. The van der Waals surface area contributed by atoms with Crippen molar-refractivity contribution in [2.75, 3.05) is 38.6 Å². The summed E-state index contributed by atoms with van der Waals surface area (Å²) < 4.78 is 106. The smallest absolute Gasteiger partial charge is 0.214 e. The topological polar surface area (TPSA) is 140 Å². The van der Waals surface area contributed by atoms with Crippen LogP contribution in [0.15, 0.2) is 54.6 Å². The summed E-state index contributed by atoms with van der Waals surface area (Å²) in [5.41, 5.74) is 3.79. The van der Waals surface area contributed by atoms with Crippen LogP contribution in [0, 0.1) is 17.8 Å². The van der Waals surface area contributed by atoms with Gasteiger partial charge in [-0.05, 0) is 107 Å². The largest absolute Gasteiger partial charge is 0.497 e. The molecular weight excluding hydrogens is 787 g/mol. The summed E-state index contributed by atoms with van der Waals surface area (Å²) in [6.45, 7) is 11.8. The molecule has 0 N–H and O–H groups in total. The minimum Gasteiger partial charge on any atom is -0.497 e. The van der Waals surface area contributed by atoms with E-state index in [1.165, 1.54) is 34.2 Å². The highest BCUT2D eigenvalue weighted by atomic mass is 32.2. The lowest BCUT2D eigenvalue weighted by molar-refractivity contribution is 0.377. The van der Waals surface area contributed by atoms with E-state index in [2.05, 4.69) is 0 Å². The van der Waals surface area contributed by atoms with Gasteiger partial charge in [-0.25, -0.2) is 25.3 Å². The summed E-state index contributed by atoms with van der Waals surface area (Å²) in [5, 5.41) is 0. The number of ether oxygens (including phenoxy) is 3. The first-order chi connectivity index (χ1) is 26.7. The Bertz CT molecular complexity index is 1820. The maximum Gasteiger partial charge on any atom is 0.214 e. The molecule has 0 radical (unpaired) electrons. The Morgan fingerprint density at radius 1 is 0.404 bits per heavy atom.